The Morgan fingerprint density at radius 3 is 2.45 bits per heavy atom. The second kappa shape index (κ2) is 7.31. The van der Waals surface area contributed by atoms with E-state index in [4.69, 9.17) is 9.15 Å². The van der Waals surface area contributed by atoms with E-state index in [1.54, 1.807) is 9.80 Å². The molecule has 1 atom stereocenters. The van der Waals surface area contributed by atoms with Crippen LogP contribution in [0.2, 0.25) is 0 Å². The van der Waals surface area contributed by atoms with Gasteiger partial charge in [0, 0.05) is 33.3 Å². The quantitative estimate of drug-likeness (QED) is 0.905. The lowest BCUT2D eigenvalue weighted by atomic mass is 10.2. The first kappa shape index (κ1) is 16.4. The Balaban J connectivity index is 1.81. The fourth-order valence-corrected chi connectivity index (χ4v) is 2.41. The van der Waals surface area contributed by atoms with Crippen molar-refractivity contribution in [3.05, 3.63) is 23.7 Å². The topological polar surface area (TPSA) is 75.0 Å². The number of piperazine rings is 1. The van der Waals surface area contributed by atoms with Gasteiger partial charge in [0.15, 0.2) is 0 Å². The first-order valence-corrected chi connectivity index (χ1v) is 7.39. The minimum absolute atomic E-state index is 0.0398. The van der Waals surface area contributed by atoms with Gasteiger partial charge in [-0.3, -0.25) is 4.79 Å². The lowest BCUT2D eigenvalue weighted by Gasteiger charge is -2.35. The first-order valence-electron chi connectivity index (χ1n) is 7.39. The molecule has 0 aromatic carbocycles. The van der Waals surface area contributed by atoms with Crippen molar-refractivity contribution in [2.45, 2.75) is 19.9 Å². The van der Waals surface area contributed by atoms with E-state index in [-0.39, 0.29) is 24.6 Å². The summed E-state index contributed by atoms with van der Waals surface area (Å²) in [4.78, 5) is 27.4. The van der Waals surface area contributed by atoms with Crippen LogP contribution in [0.3, 0.4) is 0 Å². The van der Waals surface area contributed by atoms with Crippen molar-refractivity contribution < 1.29 is 18.7 Å². The maximum atomic E-state index is 12.2. The summed E-state index contributed by atoms with van der Waals surface area (Å²) in [6, 6.07) is 3.41. The van der Waals surface area contributed by atoms with Crippen molar-refractivity contribution in [1.82, 2.24) is 15.1 Å². The number of ether oxygens (including phenoxy) is 1. The number of urea groups is 1. The third kappa shape index (κ3) is 4.00. The van der Waals surface area contributed by atoms with E-state index in [2.05, 4.69) is 5.32 Å². The predicted octanol–water partition coefficient (Wildman–Crippen LogP) is 1.15. The molecule has 1 fully saturated rings. The molecule has 1 aliphatic heterocycles. The molecule has 1 N–H and O–H groups in total. The minimum Gasteiger partial charge on any atom is -0.464 e. The first-order chi connectivity index (χ1) is 10.5. The van der Waals surface area contributed by atoms with Gasteiger partial charge < -0.3 is 24.3 Å². The molecule has 2 rings (SSSR count). The molecule has 7 nitrogen and oxygen atoms in total. The van der Waals surface area contributed by atoms with Gasteiger partial charge in [-0.1, -0.05) is 0 Å². The Morgan fingerprint density at radius 2 is 1.91 bits per heavy atom. The third-order valence-electron chi connectivity index (χ3n) is 3.72. The summed E-state index contributed by atoms with van der Waals surface area (Å²) in [5.41, 5.74) is 0. The fraction of sp³-hybridized carbons (Fsp3) is 0.600. The predicted molar refractivity (Wildman–Crippen MR) is 80.4 cm³/mol. The molecule has 0 saturated carbocycles. The number of aryl methyl sites for hydroxylation is 1. The van der Waals surface area contributed by atoms with Crippen LogP contribution in [-0.4, -0.2) is 61.6 Å². The molecule has 22 heavy (non-hydrogen) atoms. The van der Waals surface area contributed by atoms with Crippen LogP contribution < -0.4 is 5.32 Å². The molecule has 1 unspecified atom stereocenters. The Hall–Kier alpha value is -2.02. The summed E-state index contributed by atoms with van der Waals surface area (Å²) in [6.07, 6.45) is 0. The van der Waals surface area contributed by atoms with E-state index in [0.29, 0.717) is 26.2 Å². The summed E-state index contributed by atoms with van der Waals surface area (Å²) < 4.78 is 10.3. The molecule has 1 aromatic heterocycles. The van der Waals surface area contributed by atoms with Crippen LogP contribution in [0.1, 0.15) is 24.5 Å². The number of hydrogen-bond donors (Lipinski definition) is 1. The molecular weight excluding hydrogens is 286 g/mol. The molecule has 0 radical (unpaired) electrons. The number of methoxy groups -OCH3 is 1. The van der Waals surface area contributed by atoms with Crippen molar-refractivity contribution in [3.63, 3.8) is 0 Å². The lowest BCUT2D eigenvalue weighted by molar-refractivity contribution is -0.136. The van der Waals surface area contributed by atoms with Crippen LogP contribution in [0.15, 0.2) is 16.5 Å². The standard InChI is InChI=1S/C15H23N3O4/c1-11-4-5-13(22-11)12(2)16-15(20)18-8-6-17(7-9-18)14(19)10-21-3/h4-5,12H,6-10H2,1-3H3,(H,16,20). The Bertz CT molecular complexity index is 521. The molecule has 0 spiro atoms. The third-order valence-corrected chi connectivity index (χ3v) is 3.72. The van der Waals surface area contributed by atoms with Gasteiger partial charge in [0.2, 0.25) is 5.91 Å². The van der Waals surface area contributed by atoms with E-state index >= 15 is 0 Å². The number of rotatable bonds is 4. The van der Waals surface area contributed by atoms with E-state index in [0.717, 1.165) is 11.5 Å². The molecule has 1 aliphatic rings. The van der Waals surface area contributed by atoms with Crippen LogP contribution >= 0.6 is 0 Å². The molecular formula is C15H23N3O4. The Morgan fingerprint density at radius 1 is 1.27 bits per heavy atom. The van der Waals surface area contributed by atoms with Crippen LogP contribution in [0.5, 0.6) is 0 Å². The van der Waals surface area contributed by atoms with Gasteiger partial charge in [0.05, 0.1) is 6.04 Å². The maximum Gasteiger partial charge on any atom is 0.318 e. The van der Waals surface area contributed by atoms with Crippen LogP contribution in [0.4, 0.5) is 4.79 Å². The molecule has 3 amide bonds. The number of furan rings is 1. The summed E-state index contributed by atoms with van der Waals surface area (Å²) in [6.45, 7) is 5.94. The van der Waals surface area contributed by atoms with Crippen molar-refractivity contribution in [1.29, 1.82) is 0 Å². The molecule has 122 valence electrons. The zero-order valence-corrected chi connectivity index (χ0v) is 13.3. The van der Waals surface area contributed by atoms with Crippen molar-refractivity contribution in [3.8, 4) is 0 Å². The highest BCUT2D eigenvalue weighted by Gasteiger charge is 2.25. The van der Waals surface area contributed by atoms with Gasteiger partial charge in [-0.2, -0.15) is 0 Å². The maximum absolute atomic E-state index is 12.2. The average Bonchev–Trinajstić information content (AvgIpc) is 2.94. The SMILES string of the molecule is COCC(=O)N1CCN(C(=O)NC(C)c2ccc(C)o2)CC1. The van der Waals surface area contributed by atoms with E-state index in [1.807, 2.05) is 26.0 Å². The van der Waals surface area contributed by atoms with Gasteiger partial charge in [-0.15, -0.1) is 0 Å². The zero-order chi connectivity index (χ0) is 16.1. The molecule has 7 heteroatoms. The number of nitrogens with zero attached hydrogens (tertiary/aromatic N) is 2. The number of amides is 3. The highest BCUT2D eigenvalue weighted by atomic mass is 16.5. The van der Waals surface area contributed by atoms with Gasteiger partial charge >= 0.3 is 6.03 Å². The minimum atomic E-state index is -0.186. The van der Waals surface area contributed by atoms with Gasteiger partial charge in [-0.25, -0.2) is 4.79 Å². The normalized spacial score (nSPS) is 16.5. The second-order valence-corrected chi connectivity index (χ2v) is 5.42. The van der Waals surface area contributed by atoms with Gasteiger partial charge in [0.1, 0.15) is 18.1 Å². The molecule has 1 saturated heterocycles. The van der Waals surface area contributed by atoms with Crippen molar-refractivity contribution in [2.75, 3.05) is 39.9 Å². The smallest absolute Gasteiger partial charge is 0.318 e. The molecule has 0 aliphatic carbocycles. The van der Waals surface area contributed by atoms with Gasteiger partial charge in [0.25, 0.3) is 0 Å². The average molecular weight is 309 g/mol. The molecule has 2 heterocycles. The van der Waals surface area contributed by atoms with Crippen molar-refractivity contribution in [2.24, 2.45) is 0 Å². The van der Waals surface area contributed by atoms with Crippen LogP contribution in [-0.2, 0) is 9.53 Å². The summed E-state index contributed by atoms with van der Waals surface area (Å²) in [7, 11) is 1.50. The Labute approximate surface area is 130 Å². The second-order valence-electron chi connectivity index (χ2n) is 5.42. The summed E-state index contributed by atoms with van der Waals surface area (Å²) >= 11 is 0. The molecule has 0 bridgehead atoms. The Kier molecular flexibility index (Phi) is 5.43. The number of nitrogens with one attached hydrogen (secondary N) is 1. The zero-order valence-electron chi connectivity index (χ0n) is 13.3. The highest BCUT2D eigenvalue weighted by Crippen LogP contribution is 2.16. The highest BCUT2D eigenvalue weighted by molar-refractivity contribution is 5.78. The summed E-state index contributed by atoms with van der Waals surface area (Å²) in [5, 5.41) is 2.91. The fourth-order valence-electron chi connectivity index (χ4n) is 2.41. The lowest BCUT2D eigenvalue weighted by Crippen LogP contribution is -2.54. The van der Waals surface area contributed by atoms with Gasteiger partial charge in [-0.05, 0) is 26.0 Å². The summed E-state index contributed by atoms with van der Waals surface area (Å²) in [5.74, 6) is 1.52. The van der Waals surface area contributed by atoms with E-state index in [1.165, 1.54) is 7.11 Å². The number of carbonyl (C=O) groups is 2. The monoisotopic (exact) mass is 309 g/mol. The van der Waals surface area contributed by atoms with E-state index in [9.17, 15) is 9.59 Å². The largest absolute Gasteiger partial charge is 0.464 e. The number of hydrogen-bond acceptors (Lipinski definition) is 4. The molecule has 1 aromatic rings. The van der Waals surface area contributed by atoms with Crippen LogP contribution in [0, 0.1) is 6.92 Å². The van der Waals surface area contributed by atoms with Crippen molar-refractivity contribution >= 4 is 11.9 Å². The number of carbonyl (C=O) groups excluding carboxylic acids is 2. The van der Waals surface area contributed by atoms with E-state index < -0.39 is 0 Å². The van der Waals surface area contributed by atoms with Crippen LogP contribution in [0.25, 0.3) is 0 Å².